The lowest BCUT2D eigenvalue weighted by molar-refractivity contribution is 0.0594. The van der Waals surface area contributed by atoms with Gasteiger partial charge in [-0.15, -0.1) is 0 Å². The Bertz CT molecular complexity index is 268. The molecule has 0 aliphatic heterocycles. The molecule has 0 unspecified atom stereocenters. The van der Waals surface area contributed by atoms with Gasteiger partial charge in [0.25, 0.3) is 0 Å². The lowest BCUT2D eigenvalue weighted by Gasteiger charge is -1.92. The molecule has 12 heavy (non-hydrogen) atoms. The summed E-state index contributed by atoms with van der Waals surface area (Å²) in [6, 6.07) is 0. The van der Waals surface area contributed by atoms with E-state index in [2.05, 4.69) is 21.6 Å². The molecule has 0 aliphatic carbocycles. The van der Waals surface area contributed by atoms with Crippen molar-refractivity contribution in [2.75, 3.05) is 7.11 Å². The Balaban J connectivity index is 2.70. The highest BCUT2D eigenvalue weighted by molar-refractivity contribution is 5.86. The Morgan fingerprint density at radius 3 is 3.08 bits per heavy atom. The van der Waals surface area contributed by atoms with E-state index < -0.39 is 0 Å². The molecule has 0 amide bonds. The fraction of sp³-hybridized carbons (Fsp3) is 0.500. The fourth-order valence-electron chi connectivity index (χ4n) is 0.940. The van der Waals surface area contributed by atoms with Crippen molar-refractivity contribution in [3.05, 3.63) is 17.7 Å². The number of carbonyl (C=O) groups excluding carboxylic acids is 1. The van der Waals surface area contributed by atoms with E-state index in [1.807, 2.05) is 0 Å². The minimum absolute atomic E-state index is 0.371. The van der Waals surface area contributed by atoms with Crippen LogP contribution in [0.5, 0.6) is 0 Å². The van der Waals surface area contributed by atoms with Crippen molar-refractivity contribution in [2.45, 2.75) is 19.8 Å². The van der Waals surface area contributed by atoms with E-state index >= 15 is 0 Å². The molecule has 0 saturated heterocycles. The number of H-pyrrole nitrogens is 1. The van der Waals surface area contributed by atoms with Crippen LogP contribution >= 0.6 is 0 Å². The van der Waals surface area contributed by atoms with E-state index in [4.69, 9.17) is 0 Å². The predicted octanol–water partition coefficient (Wildman–Crippen LogP) is 1.15. The van der Waals surface area contributed by atoms with Gasteiger partial charge >= 0.3 is 5.97 Å². The number of nitrogens with one attached hydrogen (secondary N) is 1. The van der Waals surface area contributed by atoms with Crippen LogP contribution in [0.2, 0.25) is 0 Å². The predicted molar refractivity (Wildman–Crippen MR) is 43.9 cm³/mol. The van der Waals surface area contributed by atoms with Crippen LogP contribution in [-0.4, -0.2) is 23.0 Å². The van der Waals surface area contributed by atoms with Crippen LogP contribution < -0.4 is 0 Å². The molecule has 1 aromatic rings. The molecule has 0 aromatic carbocycles. The monoisotopic (exact) mass is 168 g/mol. The zero-order chi connectivity index (χ0) is 8.97. The second kappa shape index (κ2) is 3.90. The molecule has 0 spiro atoms. The SMILES string of the molecule is CCCc1ncc(C(=O)OC)[nH]1. The van der Waals surface area contributed by atoms with Crippen LogP contribution in [0.1, 0.15) is 29.7 Å². The number of carbonyl (C=O) groups is 1. The van der Waals surface area contributed by atoms with E-state index in [-0.39, 0.29) is 5.97 Å². The maximum absolute atomic E-state index is 10.9. The molecule has 4 nitrogen and oxygen atoms in total. The second-order valence-electron chi connectivity index (χ2n) is 2.49. The van der Waals surface area contributed by atoms with Crippen molar-refractivity contribution in [1.29, 1.82) is 0 Å². The summed E-state index contributed by atoms with van der Waals surface area (Å²) in [5, 5.41) is 0. The molecule has 1 rings (SSSR count). The number of rotatable bonds is 3. The Labute approximate surface area is 71.0 Å². The number of aromatic nitrogens is 2. The minimum Gasteiger partial charge on any atom is -0.464 e. The number of aromatic amines is 1. The number of methoxy groups -OCH3 is 1. The molecule has 0 saturated carbocycles. The average molecular weight is 168 g/mol. The normalized spacial score (nSPS) is 9.83. The second-order valence-corrected chi connectivity index (χ2v) is 2.49. The molecule has 66 valence electrons. The first-order valence-electron chi connectivity index (χ1n) is 3.90. The van der Waals surface area contributed by atoms with Crippen molar-refractivity contribution < 1.29 is 9.53 Å². The minimum atomic E-state index is -0.371. The van der Waals surface area contributed by atoms with E-state index in [1.54, 1.807) is 0 Å². The number of imidazole rings is 1. The average Bonchev–Trinajstić information content (AvgIpc) is 2.52. The lowest BCUT2D eigenvalue weighted by atomic mass is 10.3. The zero-order valence-electron chi connectivity index (χ0n) is 7.26. The molecular weight excluding hydrogens is 156 g/mol. The summed E-state index contributed by atoms with van der Waals surface area (Å²) < 4.78 is 4.52. The first kappa shape index (κ1) is 8.77. The van der Waals surface area contributed by atoms with Crippen LogP contribution in [0.3, 0.4) is 0 Å². The summed E-state index contributed by atoms with van der Waals surface area (Å²) in [6.07, 6.45) is 3.36. The Kier molecular flexibility index (Phi) is 2.85. The molecule has 0 bridgehead atoms. The Morgan fingerprint density at radius 2 is 2.50 bits per heavy atom. The third kappa shape index (κ3) is 1.84. The van der Waals surface area contributed by atoms with Gasteiger partial charge in [-0.05, 0) is 6.42 Å². The van der Waals surface area contributed by atoms with E-state index in [1.165, 1.54) is 13.3 Å². The number of nitrogens with zero attached hydrogens (tertiary/aromatic N) is 1. The van der Waals surface area contributed by atoms with Crippen LogP contribution in [0, 0.1) is 0 Å². The number of esters is 1. The summed E-state index contributed by atoms with van der Waals surface area (Å²) in [5.41, 5.74) is 0.418. The maximum atomic E-state index is 10.9. The molecule has 0 fully saturated rings. The van der Waals surface area contributed by atoms with Crippen molar-refractivity contribution in [1.82, 2.24) is 9.97 Å². The van der Waals surface area contributed by atoms with Crippen LogP contribution in [0.15, 0.2) is 6.20 Å². The van der Waals surface area contributed by atoms with Gasteiger partial charge in [-0.2, -0.15) is 0 Å². The molecular formula is C8H12N2O2. The first-order valence-corrected chi connectivity index (χ1v) is 3.90. The largest absolute Gasteiger partial charge is 0.464 e. The van der Waals surface area contributed by atoms with Crippen LogP contribution in [0.4, 0.5) is 0 Å². The highest BCUT2D eigenvalue weighted by atomic mass is 16.5. The number of hydrogen-bond acceptors (Lipinski definition) is 3. The van der Waals surface area contributed by atoms with Gasteiger partial charge in [0.05, 0.1) is 13.3 Å². The van der Waals surface area contributed by atoms with Gasteiger partial charge in [0.15, 0.2) is 0 Å². The van der Waals surface area contributed by atoms with Crippen molar-refractivity contribution in [3.8, 4) is 0 Å². The molecule has 1 aromatic heterocycles. The Morgan fingerprint density at radius 1 is 1.75 bits per heavy atom. The van der Waals surface area contributed by atoms with Gasteiger partial charge in [0.2, 0.25) is 0 Å². The topological polar surface area (TPSA) is 55.0 Å². The molecule has 0 atom stereocenters. The fourth-order valence-corrected chi connectivity index (χ4v) is 0.940. The van der Waals surface area contributed by atoms with E-state index in [0.717, 1.165) is 18.7 Å². The van der Waals surface area contributed by atoms with Gasteiger partial charge in [0, 0.05) is 6.42 Å². The third-order valence-corrected chi connectivity index (χ3v) is 1.52. The Hall–Kier alpha value is -1.32. The summed E-state index contributed by atoms with van der Waals surface area (Å²) in [4.78, 5) is 17.8. The van der Waals surface area contributed by atoms with Crippen LogP contribution in [-0.2, 0) is 11.2 Å². The highest BCUT2D eigenvalue weighted by Crippen LogP contribution is 2.00. The smallest absolute Gasteiger partial charge is 0.356 e. The lowest BCUT2D eigenvalue weighted by Crippen LogP contribution is -2.01. The van der Waals surface area contributed by atoms with E-state index in [9.17, 15) is 4.79 Å². The summed E-state index contributed by atoms with van der Waals surface area (Å²) in [5.74, 6) is 0.461. The summed E-state index contributed by atoms with van der Waals surface area (Å²) in [7, 11) is 1.35. The number of ether oxygens (including phenoxy) is 1. The zero-order valence-corrected chi connectivity index (χ0v) is 7.26. The van der Waals surface area contributed by atoms with Gasteiger partial charge in [-0.25, -0.2) is 9.78 Å². The molecule has 1 heterocycles. The van der Waals surface area contributed by atoms with Gasteiger partial charge in [0.1, 0.15) is 11.5 Å². The molecule has 0 aliphatic rings. The van der Waals surface area contributed by atoms with Gasteiger partial charge in [-0.3, -0.25) is 0 Å². The van der Waals surface area contributed by atoms with Crippen LogP contribution in [0.25, 0.3) is 0 Å². The molecule has 4 heteroatoms. The third-order valence-electron chi connectivity index (χ3n) is 1.52. The van der Waals surface area contributed by atoms with Crippen molar-refractivity contribution in [3.63, 3.8) is 0 Å². The van der Waals surface area contributed by atoms with E-state index in [0.29, 0.717) is 5.69 Å². The highest BCUT2D eigenvalue weighted by Gasteiger charge is 2.07. The standard InChI is InChI=1S/C8H12N2O2/c1-3-4-7-9-5-6(10-7)8(11)12-2/h5H,3-4H2,1-2H3,(H,9,10). The van der Waals surface area contributed by atoms with Crippen molar-refractivity contribution >= 4 is 5.97 Å². The maximum Gasteiger partial charge on any atom is 0.356 e. The molecule has 1 N–H and O–H groups in total. The van der Waals surface area contributed by atoms with Gasteiger partial charge in [-0.1, -0.05) is 6.92 Å². The van der Waals surface area contributed by atoms with Gasteiger partial charge < -0.3 is 9.72 Å². The number of hydrogen-bond donors (Lipinski definition) is 1. The molecule has 0 radical (unpaired) electrons. The van der Waals surface area contributed by atoms with Crippen molar-refractivity contribution in [2.24, 2.45) is 0 Å². The summed E-state index contributed by atoms with van der Waals surface area (Å²) in [6.45, 7) is 2.06. The first-order chi connectivity index (χ1) is 5.77. The number of aryl methyl sites for hydroxylation is 1. The quantitative estimate of drug-likeness (QED) is 0.689. The summed E-state index contributed by atoms with van der Waals surface area (Å²) >= 11 is 0.